The van der Waals surface area contributed by atoms with Crippen LogP contribution in [0.15, 0.2) is 57.8 Å². The highest BCUT2D eigenvalue weighted by Crippen LogP contribution is 2.28. The quantitative estimate of drug-likeness (QED) is 0.613. The molecule has 1 saturated heterocycles. The van der Waals surface area contributed by atoms with Crippen molar-refractivity contribution in [2.24, 2.45) is 5.92 Å². The van der Waals surface area contributed by atoms with Crippen LogP contribution in [0.1, 0.15) is 29.9 Å². The largest absolute Gasteiger partial charge is 0.441 e. The van der Waals surface area contributed by atoms with E-state index in [0.717, 1.165) is 17.0 Å². The molecule has 0 bridgehead atoms. The Labute approximate surface area is 192 Å². The molecule has 0 unspecified atom stereocenters. The summed E-state index contributed by atoms with van der Waals surface area (Å²) in [5, 5.41) is 12.2. The van der Waals surface area contributed by atoms with Crippen LogP contribution in [0.2, 0.25) is 0 Å². The first kappa shape index (κ1) is 22.7. The Morgan fingerprint density at radius 1 is 1.15 bits per heavy atom. The lowest BCUT2D eigenvalue weighted by molar-refractivity contribution is -0.120. The van der Waals surface area contributed by atoms with Gasteiger partial charge < -0.3 is 9.73 Å². The van der Waals surface area contributed by atoms with Crippen LogP contribution in [0, 0.1) is 31.1 Å². The molecule has 0 saturated carbocycles. The van der Waals surface area contributed by atoms with Crippen molar-refractivity contribution in [1.82, 2.24) is 9.29 Å². The van der Waals surface area contributed by atoms with Gasteiger partial charge in [0, 0.05) is 30.3 Å². The van der Waals surface area contributed by atoms with Crippen LogP contribution in [0.3, 0.4) is 0 Å². The van der Waals surface area contributed by atoms with Crippen molar-refractivity contribution in [2.45, 2.75) is 31.6 Å². The van der Waals surface area contributed by atoms with E-state index in [4.69, 9.17) is 4.42 Å². The number of aryl methyl sites for hydroxylation is 2. The number of hydrogen-bond donors (Lipinski definition) is 1. The number of sulfonamides is 1. The fourth-order valence-electron chi connectivity index (χ4n) is 3.85. The zero-order valence-corrected chi connectivity index (χ0v) is 19.2. The number of nitriles is 1. The second-order valence-corrected chi connectivity index (χ2v) is 9.92. The van der Waals surface area contributed by atoms with E-state index in [-0.39, 0.29) is 35.4 Å². The fourth-order valence-corrected chi connectivity index (χ4v) is 5.46. The smallest absolute Gasteiger partial charge is 0.244 e. The minimum Gasteiger partial charge on any atom is -0.441 e. The molecular formula is C24H24N4O4S. The third-order valence-electron chi connectivity index (χ3n) is 5.86. The lowest BCUT2D eigenvalue weighted by atomic mass is 9.97. The maximum atomic E-state index is 13.0. The van der Waals surface area contributed by atoms with E-state index in [1.807, 2.05) is 32.0 Å². The molecule has 33 heavy (non-hydrogen) atoms. The highest BCUT2D eigenvalue weighted by atomic mass is 32.2. The molecule has 1 fully saturated rings. The van der Waals surface area contributed by atoms with Crippen LogP contribution in [0.5, 0.6) is 0 Å². The third-order valence-corrected chi connectivity index (χ3v) is 7.81. The normalized spacial score (nSPS) is 15.2. The van der Waals surface area contributed by atoms with E-state index in [9.17, 15) is 18.5 Å². The van der Waals surface area contributed by atoms with Crippen molar-refractivity contribution >= 4 is 21.6 Å². The van der Waals surface area contributed by atoms with Crippen LogP contribution in [-0.4, -0.2) is 36.7 Å². The predicted molar refractivity (Wildman–Crippen MR) is 123 cm³/mol. The Bertz CT molecular complexity index is 1310. The lowest BCUT2D eigenvalue weighted by Crippen LogP contribution is -2.41. The summed E-state index contributed by atoms with van der Waals surface area (Å²) in [7, 11) is -3.79. The Hall–Kier alpha value is -3.48. The number of nitrogens with zero attached hydrogens (tertiary/aromatic N) is 3. The zero-order valence-electron chi connectivity index (χ0n) is 18.4. The number of carbonyl (C=O) groups excluding carboxylic acids is 1. The van der Waals surface area contributed by atoms with E-state index in [2.05, 4.69) is 10.3 Å². The van der Waals surface area contributed by atoms with Crippen LogP contribution >= 0.6 is 0 Å². The van der Waals surface area contributed by atoms with E-state index < -0.39 is 10.0 Å². The molecule has 1 aliphatic rings. The van der Waals surface area contributed by atoms with Gasteiger partial charge in [-0.3, -0.25) is 4.79 Å². The van der Waals surface area contributed by atoms with Crippen LogP contribution < -0.4 is 5.32 Å². The number of hydrogen-bond acceptors (Lipinski definition) is 6. The van der Waals surface area contributed by atoms with E-state index in [1.165, 1.54) is 16.4 Å². The van der Waals surface area contributed by atoms with Gasteiger partial charge in [-0.2, -0.15) is 9.57 Å². The second kappa shape index (κ2) is 9.17. The molecule has 9 heteroatoms. The summed E-state index contributed by atoms with van der Waals surface area (Å²) in [6.07, 6.45) is 0.801. The Kier molecular flexibility index (Phi) is 6.31. The minimum absolute atomic E-state index is 0.00391. The maximum Gasteiger partial charge on any atom is 0.244 e. The first-order valence-electron chi connectivity index (χ1n) is 10.6. The van der Waals surface area contributed by atoms with Gasteiger partial charge in [0.2, 0.25) is 21.8 Å². The van der Waals surface area contributed by atoms with Crippen LogP contribution in [0.4, 0.5) is 5.69 Å². The summed E-state index contributed by atoms with van der Waals surface area (Å²) < 4.78 is 33.0. The van der Waals surface area contributed by atoms with E-state index in [0.29, 0.717) is 24.4 Å². The van der Waals surface area contributed by atoms with Crippen molar-refractivity contribution in [2.75, 3.05) is 18.4 Å². The summed E-state index contributed by atoms with van der Waals surface area (Å²) >= 11 is 0. The van der Waals surface area contributed by atoms with Crippen molar-refractivity contribution < 1.29 is 17.6 Å². The van der Waals surface area contributed by atoms with Crippen molar-refractivity contribution in [1.29, 1.82) is 5.26 Å². The summed E-state index contributed by atoms with van der Waals surface area (Å²) in [6, 6.07) is 15.4. The number of anilines is 1. The van der Waals surface area contributed by atoms with Gasteiger partial charge in [-0.25, -0.2) is 13.4 Å². The van der Waals surface area contributed by atoms with Gasteiger partial charge in [0.15, 0.2) is 0 Å². The highest BCUT2D eigenvalue weighted by Gasteiger charge is 2.33. The molecule has 0 atom stereocenters. The van der Waals surface area contributed by atoms with Crippen molar-refractivity contribution in [3.63, 3.8) is 0 Å². The molecule has 1 aliphatic heterocycles. The predicted octanol–water partition coefficient (Wildman–Crippen LogP) is 3.87. The maximum absolute atomic E-state index is 13.0. The standard InChI is InChI=1S/C24H24N4O4S/c1-16-17(2)32-24(26-16)19-7-5-8-21(14-19)27-23(29)18-10-12-28(13-11-18)33(30,31)22-9-4-3-6-20(22)15-25/h3-9,14,18H,10-13H2,1-2H3,(H,27,29). The Morgan fingerprint density at radius 3 is 2.55 bits per heavy atom. The SMILES string of the molecule is Cc1nc(-c2cccc(NC(=O)C3CCN(S(=O)(=O)c4ccccc4C#N)CC3)c2)oc1C. The van der Waals surface area contributed by atoms with Gasteiger partial charge in [0.25, 0.3) is 0 Å². The molecular weight excluding hydrogens is 440 g/mol. The minimum atomic E-state index is -3.79. The molecule has 8 nitrogen and oxygen atoms in total. The molecule has 4 rings (SSSR count). The van der Waals surface area contributed by atoms with Gasteiger partial charge in [-0.15, -0.1) is 0 Å². The van der Waals surface area contributed by atoms with Crippen molar-refractivity contribution in [3.05, 3.63) is 65.5 Å². The van der Waals surface area contributed by atoms with Crippen LogP contribution in [0.25, 0.3) is 11.5 Å². The molecule has 0 aliphatic carbocycles. The molecule has 1 N–H and O–H groups in total. The van der Waals surface area contributed by atoms with Gasteiger partial charge >= 0.3 is 0 Å². The highest BCUT2D eigenvalue weighted by molar-refractivity contribution is 7.89. The topological polar surface area (TPSA) is 116 Å². The number of aromatic nitrogens is 1. The van der Waals surface area contributed by atoms with Crippen molar-refractivity contribution in [3.8, 4) is 17.5 Å². The zero-order chi connectivity index (χ0) is 23.6. The summed E-state index contributed by atoms with van der Waals surface area (Å²) in [6.45, 7) is 4.16. The lowest BCUT2D eigenvalue weighted by Gasteiger charge is -2.30. The molecule has 0 spiro atoms. The monoisotopic (exact) mass is 464 g/mol. The first-order chi connectivity index (χ1) is 15.8. The summed E-state index contributed by atoms with van der Waals surface area (Å²) in [5.41, 5.74) is 2.33. The van der Waals surface area contributed by atoms with Gasteiger partial charge in [0.1, 0.15) is 11.8 Å². The summed E-state index contributed by atoms with van der Waals surface area (Å²) in [4.78, 5) is 17.2. The number of nitrogens with one attached hydrogen (secondary N) is 1. The summed E-state index contributed by atoms with van der Waals surface area (Å²) in [5.74, 6) is 0.787. The third kappa shape index (κ3) is 4.67. The van der Waals surface area contributed by atoms with Gasteiger partial charge in [-0.05, 0) is 57.0 Å². The molecule has 1 amide bonds. The number of oxazole rings is 1. The Balaban J connectivity index is 1.41. The van der Waals surface area contributed by atoms with E-state index in [1.54, 1.807) is 24.3 Å². The van der Waals surface area contributed by atoms with Gasteiger partial charge in [-0.1, -0.05) is 18.2 Å². The molecule has 2 heterocycles. The molecule has 170 valence electrons. The van der Waals surface area contributed by atoms with Crippen LogP contribution in [-0.2, 0) is 14.8 Å². The number of carbonyl (C=O) groups is 1. The average Bonchev–Trinajstić information content (AvgIpc) is 3.17. The second-order valence-electron chi connectivity index (χ2n) is 8.02. The number of amides is 1. The molecule has 2 aromatic carbocycles. The fraction of sp³-hybridized carbons (Fsp3) is 0.292. The first-order valence-corrected chi connectivity index (χ1v) is 12.1. The molecule has 1 aromatic heterocycles. The molecule has 3 aromatic rings. The number of piperidine rings is 1. The average molecular weight is 465 g/mol. The number of benzene rings is 2. The molecule has 0 radical (unpaired) electrons. The van der Waals surface area contributed by atoms with E-state index >= 15 is 0 Å². The van der Waals surface area contributed by atoms with Gasteiger partial charge in [0.05, 0.1) is 16.2 Å². The number of rotatable bonds is 5. The Morgan fingerprint density at radius 2 is 1.88 bits per heavy atom.